The van der Waals surface area contributed by atoms with Crippen LogP contribution in [0.15, 0.2) is 12.1 Å². The van der Waals surface area contributed by atoms with Gasteiger partial charge in [-0.05, 0) is 19.8 Å². The minimum atomic E-state index is -0.455. The first-order chi connectivity index (χ1) is 8.60. The van der Waals surface area contributed by atoms with E-state index < -0.39 is 5.82 Å². The Bertz CT molecular complexity index is 433. The summed E-state index contributed by atoms with van der Waals surface area (Å²) in [5.74, 6) is -0.258. The van der Waals surface area contributed by atoms with E-state index in [2.05, 4.69) is 5.32 Å². The molecule has 0 unspecified atom stereocenters. The quantitative estimate of drug-likeness (QED) is 0.679. The van der Waals surface area contributed by atoms with Gasteiger partial charge in [-0.25, -0.2) is 4.39 Å². The predicted molar refractivity (Wildman–Crippen MR) is 69.2 cm³/mol. The summed E-state index contributed by atoms with van der Waals surface area (Å²) in [6, 6.07) is 2.83. The van der Waals surface area contributed by atoms with Crippen molar-refractivity contribution in [3.05, 3.63) is 17.9 Å². The average Bonchev–Trinajstić information content (AvgIpc) is 3.12. The van der Waals surface area contributed by atoms with Crippen LogP contribution < -0.4 is 15.8 Å². The van der Waals surface area contributed by atoms with Crippen LogP contribution in [0, 0.1) is 11.2 Å². The Kier molecular flexibility index (Phi) is 3.61. The molecule has 0 saturated heterocycles. The molecule has 5 heteroatoms. The van der Waals surface area contributed by atoms with Crippen molar-refractivity contribution < 1.29 is 14.2 Å². The number of nitrogens with two attached hydrogens (primary N) is 1. The molecule has 0 heterocycles. The molecular weight excluding hydrogens is 235 g/mol. The first kappa shape index (κ1) is 13.0. The van der Waals surface area contributed by atoms with Gasteiger partial charge in [-0.1, -0.05) is 0 Å². The van der Waals surface area contributed by atoms with E-state index in [9.17, 15) is 9.50 Å². The maximum atomic E-state index is 13.5. The lowest BCUT2D eigenvalue weighted by atomic mass is 10.1. The van der Waals surface area contributed by atoms with Gasteiger partial charge in [0.2, 0.25) is 0 Å². The van der Waals surface area contributed by atoms with Gasteiger partial charge in [0.1, 0.15) is 0 Å². The summed E-state index contributed by atoms with van der Waals surface area (Å²) < 4.78 is 18.7. The molecule has 18 heavy (non-hydrogen) atoms. The van der Waals surface area contributed by atoms with Gasteiger partial charge >= 0.3 is 0 Å². The van der Waals surface area contributed by atoms with Crippen LogP contribution in [-0.4, -0.2) is 24.9 Å². The highest BCUT2D eigenvalue weighted by molar-refractivity contribution is 5.68. The SMILES string of the molecule is CCOc1cc(NCC2(CO)CC2)c(N)cc1F. The molecule has 0 spiro atoms. The normalized spacial score (nSPS) is 16.4. The number of rotatable bonds is 6. The van der Waals surface area contributed by atoms with E-state index in [0.29, 0.717) is 24.5 Å². The van der Waals surface area contributed by atoms with Gasteiger partial charge in [0.25, 0.3) is 0 Å². The molecule has 0 radical (unpaired) electrons. The lowest BCUT2D eigenvalue weighted by molar-refractivity contribution is 0.220. The molecule has 4 N–H and O–H groups in total. The second-order valence-corrected chi connectivity index (χ2v) is 4.81. The maximum Gasteiger partial charge on any atom is 0.167 e. The van der Waals surface area contributed by atoms with Gasteiger partial charge in [-0.2, -0.15) is 0 Å². The number of ether oxygens (including phenoxy) is 1. The van der Waals surface area contributed by atoms with Crippen LogP contribution in [-0.2, 0) is 0 Å². The van der Waals surface area contributed by atoms with E-state index in [1.807, 2.05) is 0 Å². The van der Waals surface area contributed by atoms with Gasteiger partial charge in [-0.15, -0.1) is 0 Å². The lowest BCUT2D eigenvalue weighted by Gasteiger charge is -2.16. The summed E-state index contributed by atoms with van der Waals surface area (Å²) in [6.07, 6.45) is 2.02. The topological polar surface area (TPSA) is 67.5 Å². The van der Waals surface area contributed by atoms with Crippen molar-refractivity contribution in [3.8, 4) is 5.75 Å². The average molecular weight is 254 g/mol. The molecule has 1 aromatic rings. The first-order valence-corrected chi connectivity index (χ1v) is 6.17. The molecule has 1 saturated carbocycles. The molecule has 0 bridgehead atoms. The Hall–Kier alpha value is -1.49. The highest BCUT2D eigenvalue weighted by atomic mass is 19.1. The molecule has 1 aliphatic carbocycles. The molecule has 4 nitrogen and oxygen atoms in total. The van der Waals surface area contributed by atoms with E-state index >= 15 is 0 Å². The van der Waals surface area contributed by atoms with Gasteiger partial charge in [-0.3, -0.25) is 0 Å². The van der Waals surface area contributed by atoms with Crippen LogP contribution in [0.5, 0.6) is 5.75 Å². The number of nitrogen functional groups attached to an aromatic ring is 1. The number of halogens is 1. The van der Waals surface area contributed by atoms with Gasteiger partial charge in [0.15, 0.2) is 11.6 Å². The fourth-order valence-corrected chi connectivity index (χ4v) is 1.84. The molecule has 0 atom stereocenters. The third-order valence-corrected chi connectivity index (χ3v) is 3.35. The van der Waals surface area contributed by atoms with Crippen molar-refractivity contribution in [1.82, 2.24) is 0 Å². The van der Waals surface area contributed by atoms with Crippen LogP contribution in [0.25, 0.3) is 0 Å². The summed E-state index contributed by atoms with van der Waals surface area (Å²) in [5.41, 5.74) is 6.74. The highest BCUT2D eigenvalue weighted by Gasteiger charge is 2.41. The van der Waals surface area contributed by atoms with Crippen molar-refractivity contribution in [1.29, 1.82) is 0 Å². The molecule has 1 aromatic carbocycles. The standard InChI is InChI=1S/C13H19FN2O2/c1-2-18-12-6-11(10(15)5-9(12)14)16-7-13(8-17)3-4-13/h5-6,16-17H,2-4,7-8,15H2,1H3. The Morgan fingerprint density at radius 1 is 1.50 bits per heavy atom. The molecule has 2 rings (SSSR count). The lowest BCUT2D eigenvalue weighted by Crippen LogP contribution is -2.19. The summed E-state index contributed by atoms with van der Waals surface area (Å²) in [5, 5.41) is 12.4. The zero-order valence-corrected chi connectivity index (χ0v) is 10.5. The molecule has 0 aliphatic heterocycles. The Labute approximate surface area is 106 Å². The second kappa shape index (κ2) is 5.02. The predicted octanol–water partition coefficient (Wildman–Crippen LogP) is 1.99. The minimum Gasteiger partial charge on any atom is -0.491 e. The van der Waals surface area contributed by atoms with E-state index in [4.69, 9.17) is 10.5 Å². The van der Waals surface area contributed by atoms with Gasteiger partial charge in [0, 0.05) is 24.1 Å². The van der Waals surface area contributed by atoms with E-state index in [-0.39, 0.29) is 17.8 Å². The van der Waals surface area contributed by atoms with Crippen LogP contribution in [0.4, 0.5) is 15.8 Å². The van der Waals surface area contributed by atoms with Crippen molar-refractivity contribution in [3.63, 3.8) is 0 Å². The number of hydrogen-bond acceptors (Lipinski definition) is 4. The molecule has 1 fully saturated rings. The van der Waals surface area contributed by atoms with Crippen LogP contribution in [0.2, 0.25) is 0 Å². The summed E-state index contributed by atoms with van der Waals surface area (Å²) in [6.45, 7) is 3.01. The van der Waals surface area contributed by atoms with Gasteiger partial charge < -0.3 is 20.9 Å². The third kappa shape index (κ3) is 2.67. The summed E-state index contributed by atoms with van der Waals surface area (Å²) in [4.78, 5) is 0. The fourth-order valence-electron chi connectivity index (χ4n) is 1.84. The van der Waals surface area contributed by atoms with Crippen LogP contribution in [0.1, 0.15) is 19.8 Å². The smallest absolute Gasteiger partial charge is 0.167 e. The van der Waals surface area contributed by atoms with Crippen molar-refractivity contribution in [2.45, 2.75) is 19.8 Å². The molecule has 0 aromatic heterocycles. The molecule has 100 valence electrons. The zero-order valence-electron chi connectivity index (χ0n) is 10.5. The maximum absolute atomic E-state index is 13.5. The molecular formula is C13H19FN2O2. The fraction of sp³-hybridized carbons (Fsp3) is 0.538. The van der Waals surface area contributed by atoms with Crippen LogP contribution >= 0.6 is 0 Å². The number of aliphatic hydroxyl groups is 1. The monoisotopic (exact) mass is 254 g/mol. The van der Waals surface area contributed by atoms with Gasteiger partial charge in [0.05, 0.1) is 24.6 Å². The van der Waals surface area contributed by atoms with Crippen LogP contribution in [0.3, 0.4) is 0 Å². The Balaban J connectivity index is 2.09. The largest absolute Gasteiger partial charge is 0.491 e. The van der Waals surface area contributed by atoms with E-state index in [1.54, 1.807) is 13.0 Å². The first-order valence-electron chi connectivity index (χ1n) is 6.17. The summed E-state index contributed by atoms with van der Waals surface area (Å²) in [7, 11) is 0. The molecule has 1 aliphatic rings. The minimum absolute atomic E-state index is 0.0212. The number of aliphatic hydroxyl groups excluding tert-OH is 1. The van der Waals surface area contributed by atoms with Crippen molar-refractivity contribution >= 4 is 11.4 Å². The Morgan fingerprint density at radius 3 is 2.78 bits per heavy atom. The number of anilines is 2. The van der Waals surface area contributed by atoms with E-state index in [0.717, 1.165) is 12.8 Å². The van der Waals surface area contributed by atoms with E-state index in [1.165, 1.54) is 6.07 Å². The summed E-state index contributed by atoms with van der Waals surface area (Å²) >= 11 is 0. The second-order valence-electron chi connectivity index (χ2n) is 4.81. The number of hydrogen-bond donors (Lipinski definition) is 3. The Morgan fingerprint density at radius 2 is 2.22 bits per heavy atom. The number of benzene rings is 1. The zero-order chi connectivity index (χ0) is 13.2. The number of nitrogens with one attached hydrogen (secondary N) is 1. The molecule has 0 amide bonds. The third-order valence-electron chi connectivity index (χ3n) is 3.35. The van der Waals surface area contributed by atoms with Crippen molar-refractivity contribution in [2.75, 3.05) is 30.8 Å². The van der Waals surface area contributed by atoms with Crippen molar-refractivity contribution in [2.24, 2.45) is 5.41 Å². The highest BCUT2D eigenvalue weighted by Crippen LogP contribution is 2.45.